The monoisotopic (exact) mass is 593 g/mol. The summed E-state index contributed by atoms with van der Waals surface area (Å²) in [6, 6.07) is 6.52. The molecule has 4 rings (SSSR count). The summed E-state index contributed by atoms with van der Waals surface area (Å²) in [7, 11) is 1.70. The molecule has 0 saturated carbocycles. The number of hydrogen-bond acceptors (Lipinski definition) is 6. The van der Waals surface area contributed by atoms with Crippen molar-refractivity contribution in [3.8, 4) is 0 Å². The molecule has 1 aromatic heterocycles. The highest BCUT2D eigenvalue weighted by Crippen LogP contribution is 2.28. The van der Waals surface area contributed by atoms with E-state index in [9.17, 15) is 18.8 Å². The molecule has 10 heteroatoms. The van der Waals surface area contributed by atoms with Gasteiger partial charge in [-0.1, -0.05) is 56.3 Å². The Morgan fingerprint density at radius 1 is 1.21 bits per heavy atom. The Balaban J connectivity index is 1.55. The average Bonchev–Trinajstić information content (AvgIpc) is 3.68. The summed E-state index contributed by atoms with van der Waals surface area (Å²) in [5.74, 6) is -0.426. The van der Waals surface area contributed by atoms with Crippen LogP contribution in [-0.2, 0) is 16.0 Å². The number of nitrogens with zero attached hydrogens (tertiary/aromatic N) is 3. The first-order chi connectivity index (χ1) is 20.5. The molecule has 1 saturated heterocycles. The second-order valence-electron chi connectivity index (χ2n) is 12.5. The number of rotatable bonds is 11. The van der Waals surface area contributed by atoms with Crippen LogP contribution in [0.25, 0.3) is 5.57 Å². The van der Waals surface area contributed by atoms with Crippen LogP contribution in [0.1, 0.15) is 75.2 Å². The van der Waals surface area contributed by atoms with Crippen molar-refractivity contribution < 1.29 is 23.3 Å². The summed E-state index contributed by atoms with van der Waals surface area (Å²) >= 11 is 0. The SMILES string of the molecule is CN[C@@H](C)C(=O)N[C@H](C(=O)N1CCC[C@H]1CN(CCc1ccc(F)cc1)C(=O)c1cc(C2=CC=CCC2)on1)C(C)(C)C. The van der Waals surface area contributed by atoms with Crippen LogP contribution >= 0.6 is 0 Å². The second kappa shape index (κ2) is 14.1. The molecule has 2 heterocycles. The fourth-order valence-corrected chi connectivity index (χ4v) is 5.47. The van der Waals surface area contributed by atoms with Crippen molar-refractivity contribution in [2.24, 2.45) is 5.41 Å². The zero-order chi connectivity index (χ0) is 31.1. The zero-order valence-electron chi connectivity index (χ0n) is 25.9. The van der Waals surface area contributed by atoms with Crippen LogP contribution in [0.4, 0.5) is 4.39 Å². The Labute approximate surface area is 253 Å². The largest absolute Gasteiger partial charge is 0.356 e. The van der Waals surface area contributed by atoms with Gasteiger partial charge in [0.2, 0.25) is 11.8 Å². The van der Waals surface area contributed by atoms with Crippen molar-refractivity contribution in [2.45, 2.75) is 77.9 Å². The maximum absolute atomic E-state index is 14.0. The summed E-state index contributed by atoms with van der Waals surface area (Å²) in [5, 5.41) is 9.99. The van der Waals surface area contributed by atoms with E-state index in [1.165, 1.54) is 12.1 Å². The van der Waals surface area contributed by atoms with Crippen molar-refractivity contribution in [3.05, 3.63) is 71.4 Å². The van der Waals surface area contributed by atoms with E-state index in [0.29, 0.717) is 31.8 Å². The van der Waals surface area contributed by atoms with Crippen LogP contribution < -0.4 is 10.6 Å². The van der Waals surface area contributed by atoms with Gasteiger partial charge >= 0.3 is 0 Å². The Hall–Kier alpha value is -3.79. The van der Waals surface area contributed by atoms with Crippen LogP contribution in [0, 0.1) is 11.2 Å². The number of hydrogen-bond donors (Lipinski definition) is 2. The Kier molecular flexibility index (Phi) is 10.6. The number of carbonyl (C=O) groups excluding carboxylic acids is 3. The molecule has 0 spiro atoms. The number of carbonyl (C=O) groups is 3. The lowest BCUT2D eigenvalue weighted by Gasteiger charge is -2.37. The number of likely N-dealkylation sites (tertiary alicyclic amines) is 1. The molecule has 0 radical (unpaired) electrons. The van der Waals surface area contributed by atoms with Gasteiger partial charge in [-0.05, 0) is 74.8 Å². The molecule has 2 aromatic rings. The topological polar surface area (TPSA) is 108 Å². The molecule has 2 N–H and O–H groups in total. The van der Waals surface area contributed by atoms with Crippen LogP contribution in [0.3, 0.4) is 0 Å². The third kappa shape index (κ3) is 8.19. The molecule has 0 bridgehead atoms. The second-order valence-corrected chi connectivity index (χ2v) is 12.5. The molecule has 43 heavy (non-hydrogen) atoms. The van der Waals surface area contributed by atoms with E-state index in [-0.39, 0.29) is 35.3 Å². The highest BCUT2D eigenvalue weighted by atomic mass is 19.1. The molecule has 232 valence electrons. The Bertz CT molecular complexity index is 1340. The highest BCUT2D eigenvalue weighted by Gasteiger charge is 2.41. The minimum absolute atomic E-state index is 0.154. The molecular weight excluding hydrogens is 549 g/mol. The van der Waals surface area contributed by atoms with E-state index in [1.807, 2.05) is 37.8 Å². The Morgan fingerprint density at radius 3 is 2.60 bits per heavy atom. The van der Waals surface area contributed by atoms with Gasteiger partial charge in [0.15, 0.2) is 11.5 Å². The fourth-order valence-electron chi connectivity index (χ4n) is 5.47. The van der Waals surface area contributed by atoms with Gasteiger partial charge in [-0.25, -0.2) is 4.39 Å². The highest BCUT2D eigenvalue weighted by molar-refractivity contribution is 5.93. The van der Waals surface area contributed by atoms with Crippen molar-refractivity contribution in [1.29, 1.82) is 0 Å². The van der Waals surface area contributed by atoms with E-state index >= 15 is 0 Å². The first-order valence-electron chi connectivity index (χ1n) is 15.1. The average molecular weight is 594 g/mol. The number of allylic oxidation sites excluding steroid dienone is 4. The summed E-state index contributed by atoms with van der Waals surface area (Å²) < 4.78 is 19.1. The van der Waals surface area contributed by atoms with E-state index in [2.05, 4.69) is 21.9 Å². The number of benzene rings is 1. The van der Waals surface area contributed by atoms with Crippen LogP contribution in [0.5, 0.6) is 0 Å². The maximum atomic E-state index is 14.0. The van der Waals surface area contributed by atoms with Gasteiger partial charge in [-0.2, -0.15) is 0 Å². The Morgan fingerprint density at radius 2 is 1.95 bits per heavy atom. The predicted molar refractivity (Wildman–Crippen MR) is 164 cm³/mol. The van der Waals surface area contributed by atoms with Crippen LogP contribution in [-0.4, -0.2) is 77.5 Å². The van der Waals surface area contributed by atoms with Crippen molar-refractivity contribution in [2.75, 3.05) is 26.7 Å². The first-order valence-corrected chi connectivity index (χ1v) is 15.1. The van der Waals surface area contributed by atoms with Crippen LogP contribution in [0.2, 0.25) is 0 Å². The number of amides is 3. The summed E-state index contributed by atoms with van der Waals surface area (Å²) in [5.41, 5.74) is 1.57. The predicted octanol–water partition coefficient (Wildman–Crippen LogP) is 4.36. The molecule has 0 unspecified atom stereocenters. The third-order valence-corrected chi connectivity index (χ3v) is 8.25. The summed E-state index contributed by atoms with van der Waals surface area (Å²) in [6.07, 6.45) is 9.76. The van der Waals surface area contributed by atoms with E-state index in [4.69, 9.17) is 4.52 Å². The molecule has 1 aliphatic carbocycles. The molecule has 1 fully saturated rings. The lowest BCUT2D eigenvalue weighted by atomic mass is 9.85. The lowest BCUT2D eigenvalue weighted by molar-refractivity contribution is -0.140. The third-order valence-electron chi connectivity index (χ3n) is 8.25. The minimum Gasteiger partial charge on any atom is -0.356 e. The van der Waals surface area contributed by atoms with Crippen molar-refractivity contribution in [1.82, 2.24) is 25.6 Å². The van der Waals surface area contributed by atoms with Crippen LogP contribution in [0.15, 0.2) is 53.1 Å². The normalized spacial score (nSPS) is 18.2. The summed E-state index contributed by atoms with van der Waals surface area (Å²) in [6.45, 7) is 8.76. The molecular formula is C33H44FN5O4. The maximum Gasteiger partial charge on any atom is 0.276 e. The molecule has 1 aromatic carbocycles. The zero-order valence-corrected chi connectivity index (χ0v) is 25.9. The first kappa shape index (κ1) is 32.1. The fraction of sp³-hybridized carbons (Fsp3) is 0.515. The number of likely N-dealkylation sites (N-methyl/N-ethyl adjacent to an activating group) is 1. The molecule has 2 aliphatic rings. The van der Waals surface area contributed by atoms with Crippen molar-refractivity contribution in [3.63, 3.8) is 0 Å². The number of aromatic nitrogens is 1. The minimum atomic E-state index is -0.726. The van der Waals surface area contributed by atoms with Gasteiger partial charge in [0, 0.05) is 31.7 Å². The van der Waals surface area contributed by atoms with Gasteiger partial charge < -0.3 is 25.0 Å². The van der Waals surface area contributed by atoms with Gasteiger partial charge in [0.25, 0.3) is 5.91 Å². The quantitative estimate of drug-likeness (QED) is 0.401. The molecule has 9 nitrogen and oxygen atoms in total. The lowest BCUT2D eigenvalue weighted by Crippen LogP contribution is -2.59. The number of nitrogens with one attached hydrogen (secondary N) is 2. The van der Waals surface area contributed by atoms with Crippen molar-refractivity contribution >= 4 is 23.3 Å². The molecule has 3 atom stereocenters. The summed E-state index contributed by atoms with van der Waals surface area (Å²) in [4.78, 5) is 44.1. The molecule has 1 aliphatic heterocycles. The van der Waals surface area contributed by atoms with Gasteiger partial charge in [0.05, 0.1) is 6.04 Å². The smallest absolute Gasteiger partial charge is 0.276 e. The van der Waals surface area contributed by atoms with Gasteiger partial charge in [-0.15, -0.1) is 0 Å². The van der Waals surface area contributed by atoms with E-state index in [0.717, 1.165) is 36.8 Å². The van der Waals surface area contributed by atoms with E-state index in [1.54, 1.807) is 37.1 Å². The van der Waals surface area contributed by atoms with Gasteiger partial charge in [-0.3, -0.25) is 14.4 Å². The standard InChI is InChI=1S/C33H44FN5O4/c1-22(35-5)30(40)36-29(33(2,3)4)32(42)39-18-9-12-26(39)21-38(19-17-23-13-15-25(34)16-14-23)31(41)27-20-28(43-37-27)24-10-7-6-8-11-24/h6-7,10,13-16,20,22,26,29,35H,8-9,11-12,17-19,21H2,1-5H3,(H,36,40)/t22-,26-,29+/m0/s1. The number of halogens is 1. The van der Waals surface area contributed by atoms with Gasteiger partial charge in [0.1, 0.15) is 11.9 Å². The molecule has 3 amide bonds. The van der Waals surface area contributed by atoms with E-state index < -0.39 is 17.5 Å².